The lowest BCUT2D eigenvalue weighted by molar-refractivity contribution is -0.125. The number of amides is 2. The van der Waals surface area contributed by atoms with E-state index in [1.807, 2.05) is 0 Å². The maximum Gasteiger partial charge on any atom is 0.338 e. The summed E-state index contributed by atoms with van der Waals surface area (Å²) in [6.07, 6.45) is 5.74. The minimum absolute atomic E-state index is 0.0550. The number of carbonyl (C=O) groups is 4. The molecule has 0 spiro atoms. The molecule has 0 aromatic heterocycles. The Kier molecular flexibility index (Phi) is 14.8. The Labute approximate surface area is 273 Å². The first-order valence-electron chi connectivity index (χ1n) is 14.4. The second-order valence-electron chi connectivity index (χ2n) is 9.77. The first-order valence-corrected chi connectivity index (χ1v) is 14.4. The lowest BCUT2D eigenvalue weighted by Gasteiger charge is -2.19. The summed E-state index contributed by atoms with van der Waals surface area (Å²) in [4.78, 5) is 90.8. The second kappa shape index (κ2) is 19.8. The van der Waals surface area contributed by atoms with Gasteiger partial charge in [-0.05, 0) is 92.1 Å². The van der Waals surface area contributed by atoms with Crippen molar-refractivity contribution in [2.24, 2.45) is 15.0 Å². The van der Waals surface area contributed by atoms with Crippen LogP contribution in [0.1, 0.15) is 40.0 Å². The summed E-state index contributed by atoms with van der Waals surface area (Å²) in [5.41, 5.74) is 1.37. The van der Waals surface area contributed by atoms with Crippen LogP contribution in [0.3, 0.4) is 0 Å². The molecule has 3 aromatic carbocycles. The number of carbonyl (C=O) groups excluding carboxylic acids is 7. The minimum Gasteiger partial charge on any atom is -0.491 e. The van der Waals surface area contributed by atoms with E-state index in [4.69, 9.17) is 14.2 Å². The Hall–Kier alpha value is -6.52. The van der Waals surface area contributed by atoms with Crippen LogP contribution in [0.15, 0.2) is 87.8 Å². The first-order chi connectivity index (χ1) is 23.3. The van der Waals surface area contributed by atoms with E-state index in [9.17, 15) is 33.6 Å². The fourth-order valence-corrected chi connectivity index (χ4v) is 4.01. The number of ether oxygens (including phenoxy) is 3. The first kappa shape index (κ1) is 36.0. The van der Waals surface area contributed by atoms with E-state index in [1.54, 1.807) is 24.3 Å². The second-order valence-corrected chi connectivity index (χ2v) is 9.77. The third-order valence-corrected chi connectivity index (χ3v) is 6.35. The number of nitrogens with one attached hydrogen (secondary N) is 2. The van der Waals surface area contributed by atoms with Gasteiger partial charge in [-0.15, -0.1) is 0 Å². The Balaban J connectivity index is 1.45. The molecule has 1 atom stereocenters. The summed E-state index contributed by atoms with van der Waals surface area (Å²) in [6, 6.07) is 17.1. The van der Waals surface area contributed by atoms with E-state index >= 15 is 0 Å². The summed E-state index contributed by atoms with van der Waals surface area (Å²) in [6.45, 7) is -0.733. The number of esters is 2. The van der Waals surface area contributed by atoms with Crippen molar-refractivity contribution >= 4 is 59.1 Å². The van der Waals surface area contributed by atoms with Crippen molar-refractivity contribution in [3.63, 3.8) is 0 Å². The molecule has 0 fully saturated rings. The van der Waals surface area contributed by atoms with Crippen LogP contribution in [0.5, 0.6) is 5.75 Å². The number of isocyanates is 3. The van der Waals surface area contributed by atoms with Crippen molar-refractivity contribution in [3.05, 3.63) is 83.9 Å². The lowest BCUT2D eigenvalue weighted by atomic mass is 10.1. The molecule has 48 heavy (non-hydrogen) atoms. The average Bonchev–Trinajstić information content (AvgIpc) is 3.10. The normalized spacial score (nSPS) is 10.5. The number of hydrogen-bond acceptors (Lipinski definition) is 13. The molecule has 15 heteroatoms. The van der Waals surface area contributed by atoms with Crippen molar-refractivity contribution in [1.82, 2.24) is 10.6 Å². The summed E-state index contributed by atoms with van der Waals surface area (Å²) < 4.78 is 15.9. The molecule has 3 rings (SSSR count). The molecule has 0 aliphatic heterocycles. The Morgan fingerprint density at radius 2 is 1.08 bits per heavy atom. The van der Waals surface area contributed by atoms with Crippen LogP contribution in [0.25, 0.3) is 0 Å². The van der Waals surface area contributed by atoms with Crippen molar-refractivity contribution in [3.8, 4) is 5.75 Å². The highest BCUT2D eigenvalue weighted by atomic mass is 16.5. The van der Waals surface area contributed by atoms with Gasteiger partial charge >= 0.3 is 11.9 Å². The van der Waals surface area contributed by atoms with E-state index in [1.165, 1.54) is 66.8 Å². The number of hydrogen-bond donors (Lipinski definition) is 2. The zero-order valence-electron chi connectivity index (χ0n) is 25.4. The third-order valence-electron chi connectivity index (χ3n) is 6.35. The molecule has 0 saturated heterocycles. The smallest absolute Gasteiger partial charge is 0.338 e. The van der Waals surface area contributed by atoms with Gasteiger partial charge in [-0.1, -0.05) is 0 Å². The molecule has 3 aromatic rings. The summed E-state index contributed by atoms with van der Waals surface area (Å²) >= 11 is 0. The van der Waals surface area contributed by atoms with Gasteiger partial charge in [0.1, 0.15) is 12.4 Å². The predicted octanol–water partition coefficient (Wildman–Crippen LogP) is 3.45. The highest BCUT2D eigenvalue weighted by Gasteiger charge is 2.16. The van der Waals surface area contributed by atoms with Gasteiger partial charge in [-0.2, -0.15) is 15.0 Å². The fourth-order valence-electron chi connectivity index (χ4n) is 4.01. The molecule has 0 bridgehead atoms. The number of aliphatic imine (C=N–C) groups is 3. The van der Waals surface area contributed by atoms with E-state index < -0.39 is 43.0 Å². The van der Waals surface area contributed by atoms with Gasteiger partial charge in [0, 0.05) is 6.54 Å². The Morgan fingerprint density at radius 1 is 0.625 bits per heavy atom. The van der Waals surface area contributed by atoms with Gasteiger partial charge in [-0.25, -0.2) is 24.0 Å². The van der Waals surface area contributed by atoms with Gasteiger partial charge < -0.3 is 24.8 Å². The van der Waals surface area contributed by atoms with Crippen LogP contribution in [0.2, 0.25) is 0 Å². The van der Waals surface area contributed by atoms with Gasteiger partial charge in [0.05, 0.1) is 34.2 Å². The van der Waals surface area contributed by atoms with Crippen LogP contribution in [0.4, 0.5) is 17.1 Å². The van der Waals surface area contributed by atoms with Gasteiger partial charge in [0.25, 0.3) is 11.8 Å². The molecule has 0 heterocycles. The minimum atomic E-state index is -0.749. The SMILES string of the molecule is O=C=Nc1ccc(OCC(CCCCNC(=O)COC(=O)c2ccc(N=C=O)cc2)NC(=O)COC(=O)c2ccc(N=C=O)cc2)cc1. The molecule has 0 saturated carbocycles. The third kappa shape index (κ3) is 12.8. The number of nitrogens with zero attached hydrogens (tertiary/aromatic N) is 3. The van der Waals surface area contributed by atoms with Crippen molar-refractivity contribution in [2.75, 3.05) is 26.4 Å². The average molecular weight is 656 g/mol. The van der Waals surface area contributed by atoms with Gasteiger partial charge in [0.15, 0.2) is 13.2 Å². The van der Waals surface area contributed by atoms with Gasteiger partial charge in [0.2, 0.25) is 18.2 Å². The van der Waals surface area contributed by atoms with Crippen molar-refractivity contribution in [2.45, 2.75) is 25.3 Å². The highest BCUT2D eigenvalue weighted by molar-refractivity contribution is 5.92. The van der Waals surface area contributed by atoms with Crippen molar-refractivity contribution < 1.29 is 47.8 Å². The van der Waals surface area contributed by atoms with E-state index in [-0.39, 0.29) is 24.3 Å². The van der Waals surface area contributed by atoms with Crippen LogP contribution < -0.4 is 15.4 Å². The molecule has 1 unspecified atom stereocenters. The van der Waals surface area contributed by atoms with E-state index in [0.29, 0.717) is 42.1 Å². The largest absolute Gasteiger partial charge is 0.491 e. The highest BCUT2D eigenvalue weighted by Crippen LogP contribution is 2.18. The molecule has 15 nitrogen and oxygen atoms in total. The molecule has 0 aliphatic carbocycles. The topological polar surface area (TPSA) is 208 Å². The summed E-state index contributed by atoms with van der Waals surface area (Å²) in [5.74, 6) is -2.09. The number of benzene rings is 3. The maximum absolute atomic E-state index is 12.6. The lowest BCUT2D eigenvalue weighted by Crippen LogP contribution is -2.41. The molecule has 0 aliphatic rings. The van der Waals surface area contributed by atoms with E-state index in [0.717, 1.165) is 0 Å². The van der Waals surface area contributed by atoms with Crippen LogP contribution in [-0.4, -0.2) is 74.4 Å². The van der Waals surface area contributed by atoms with Crippen LogP contribution in [0, 0.1) is 0 Å². The molecule has 2 amide bonds. The molecular weight excluding hydrogens is 626 g/mol. The van der Waals surface area contributed by atoms with E-state index in [2.05, 4.69) is 25.6 Å². The summed E-state index contributed by atoms with van der Waals surface area (Å²) in [5, 5.41) is 5.42. The molecule has 2 N–H and O–H groups in total. The predicted molar refractivity (Wildman–Crippen MR) is 168 cm³/mol. The number of rotatable bonds is 18. The Bertz CT molecular complexity index is 1710. The monoisotopic (exact) mass is 655 g/mol. The Morgan fingerprint density at radius 3 is 1.56 bits per heavy atom. The number of unbranched alkanes of at least 4 members (excludes halogenated alkanes) is 1. The molecule has 246 valence electrons. The zero-order chi connectivity index (χ0) is 34.6. The maximum atomic E-state index is 12.6. The standard InChI is InChI=1S/C33H29N5O10/c39-20-35-25-8-4-23(5-9-25)32(44)47-18-30(42)34-16-2-1-3-28(17-46-29-14-12-27(13-15-29)37-22-41)38-31(43)19-48-33(45)24-6-10-26(11-7-24)36-21-40/h4-15,28H,1-3,16-19H2,(H,34,42)(H,38,43). The quantitative estimate of drug-likeness (QED) is 0.0882. The van der Waals surface area contributed by atoms with Crippen LogP contribution in [-0.2, 0) is 33.4 Å². The van der Waals surface area contributed by atoms with Gasteiger partial charge in [-0.3, -0.25) is 9.59 Å². The van der Waals surface area contributed by atoms with Crippen LogP contribution >= 0.6 is 0 Å². The van der Waals surface area contributed by atoms with Crippen molar-refractivity contribution in [1.29, 1.82) is 0 Å². The molecule has 0 radical (unpaired) electrons. The fraction of sp³-hybridized carbons (Fsp3) is 0.242. The molecular formula is C33H29N5O10. The zero-order valence-corrected chi connectivity index (χ0v) is 25.4. The summed E-state index contributed by atoms with van der Waals surface area (Å²) in [7, 11) is 0.